The smallest absolute Gasteiger partial charge is 0.0940 e. The minimum atomic E-state index is -0.714. The van der Waals surface area contributed by atoms with Gasteiger partial charge in [0.2, 0.25) is 0 Å². The molecule has 0 bridgehead atoms. The average Bonchev–Trinajstić information content (AvgIpc) is 2.40. The third-order valence-corrected chi connectivity index (χ3v) is 4.54. The van der Waals surface area contributed by atoms with E-state index in [2.05, 4.69) is 65.3 Å². The summed E-state index contributed by atoms with van der Waals surface area (Å²) >= 11 is 3.51. The molecule has 98 valence electrons. The van der Waals surface area contributed by atoms with Crippen molar-refractivity contribution in [3.8, 4) is 0 Å². The normalized spacial score (nSPS) is 22.1. The van der Waals surface area contributed by atoms with Crippen LogP contribution in [0, 0.1) is 6.92 Å². The second-order valence-corrected chi connectivity index (χ2v) is 6.40. The minimum Gasteiger partial charge on any atom is -0.385 e. The third kappa shape index (κ3) is 2.47. The molecule has 0 fully saturated rings. The quantitative estimate of drug-likeness (QED) is 0.838. The van der Waals surface area contributed by atoms with E-state index >= 15 is 0 Å². The summed E-state index contributed by atoms with van der Waals surface area (Å²) in [4.78, 5) is 0. The van der Waals surface area contributed by atoms with Gasteiger partial charge in [-0.25, -0.2) is 0 Å². The molecule has 2 aromatic carbocycles. The number of aliphatic hydroxyl groups is 1. The van der Waals surface area contributed by atoms with Crippen LogP contribution in [0.2, 0.25) is 0 Å². The Balaban J connectivity index is 1.95. The molecule has 0 heterocycles. The van der Waals surface area contributed by atoms with E-state index in [0.717, 1.165) is 22.9 Å². The Bertz CT molecular complexity index is 603. The van der Waals surface area contributed by atoms with Gasteiger partial charge in [0, 0.05) is 10.9 Å². The SMILES string of the molecule is Cc1ccc(C2(O)CCc3cc(Br)ccc3C2)cc1. The largest absolute Gasteiger partial charge is 0.385 e. The van der Waals surface area contributed by atoms with Crippen LogP contribution >= 0.6 is 15.9 Å². The van der Waals surface area contributed by atoms with Crippen molar-refractivity contribution in [3.63, 3.8) is 0 Å². The molecule has 3 rings (SSSR count). The predicted molar refractivity (Wildman–Crippen MR) is 81.2 cm³/mol. The van der Waals surface area contributed by atoms with E-state index in [1.54, 1.807) is 0 Å². The van der Waals surface area contributed by atoms with Gasteiger partial charge in [0.1, 0.15) is 0 Å². The van der Waals surface area contributed by atoms with Crippen LogP contribution in [0.25, 0.3) is 0 Å². The van der Waals surface area contributed by atoms with Crippen molar-refractivity contribution in [1.29, 1.82) is 0 Å². The van der Waals surface area contributed by atoms with Crippen LogP contribution in [0.5, 0.6) is 0 Å². The summed E-state index contributed by atoms with van der Waals surface area (Å²) in [5.41, 5.74) is 4.16. The van der Waals surface area contributed by atoms with E-state index in [1.165, 1.54) is 16.7 Å². The van der Waals surface area contributed by atoms with Crippen molar-refractivity contribution in [3.05, 3.63) is 69.2 Å². The molecule has 1 aliphatic carbocycles. The molecular weight excluding hydrogens is 300 g/mol. The monoisotopic (exact) mass is 316 g/mol. The molecule has 1 aliphatic rings. The van der Waals surface area contributed by atoms with Crippen LogP contribution in [-0.4, -0.2) is 5.11 Å². The van der Waals surface area contributed by atoms with Gasteiger partial charge in [0.05, 0.1) is 5.60 Å². The highest BCUT2D eigenvalue weighted by atomic mass is 79.9. The number of aryl methyl sites for hydroxylation is 2. The standard InChI is InChI=1S/C17H17BrO/c1-12-2-5-15(6-3-12)17(19)9-8-13-10-16(18)7-4-14(13)11-17/h2-7,10,19H,8-9,11H2,1H3. The Kier molecular flexibility index (Phi) is 3.23. The number of benzene rings is 2. The maximum absolute atomic E-state index is 10.9. The van der Waals surface area contributed by atoms with Crippen molar-refractivity contribution in [1.82, 2.24) is 0 Å². The molecule has 1 nitrogen and oxygen atoms in total. The number of halogens is 1. The second-order valence-electron chi connectivity index (χ2n) is 5.49. The van der Waals surface area contributed by atoms with Crippen LogP contribution in [0.15, 0.2) is 46.9 Å². The van der Waals surface area contributed by atoms with Crippen LogP contribution in [0.3, 0.4) is 0 Å². The Morgan fingerprint density at radius 3 is 2.53 bits per heavy atom. The van der Waals surface area contributed by atoms with E-state index in [0.29, 0.717) is 6.42 Å². The van der Waals surface area contributed by atoms with Gasteiger partial charge in [-0.1, -0.05) is 51.8 Å². The molecule has 0 spiro atoms. The van der Waals surface area contributed by atoms with Gasteiger partial charge in [0.25, 0.3) is 0 Å². The van der Waals surface area contributed by atoms with Gasteiger partial charge >= 0.3 is 0 Å². The van der Waals surface area contributed by atoms with Gasteiger partial charge in [-0.05, 0) is 48.6 Å². The van der Waals surface area contributed by atoms with Crippen molar-refractivity contribution in [2.75, 3.05) is 0 Å². The van der Waals surface area contributed by atoms with Crippen LogP contribution in [-0.2, 0) is 18.4 Å². The highest BCUT2D eigenvalue weighted by Gasteiger charge is 2.33. The van der Waals surface area contributed by atoms with Crippen LogP contribution in [0.1, 0.15) is 28.7 Å². The molecule has 0 saturated heterocycles. The zero-order chi connectivity index (χ0) is 13.5. The number of rotatable bonds is 1. The Labute approximate surface area is 122 Å². The summed E-state index contributed by atoms with van der Waals surface area (Å²) in [7, 11) is 0. The Hall–Kier alpha value is -1.12. The van der Waals surface area contributed by atoms with Crippen LogP contribution < -0.4 is 0 Å². The first-order valence-electron chi connectivity index (χ1n) is 6.64. The minimum absolute atomic E-state index is 0.707. The molecule has 1 unspecified atom stereocenters. The van der Waals surface area contributed by atoms with E-state index in [-0.39, 0.29) is 0 Å². The molecular formula is C17H17BrO. The zero-order valence-corrected chi connectivity index (χ0v) is 12.6. The summed E-state index contributed by atoms with van der Waals surface area (Å²) in [5.74, 6) is 0. The fourth-order valence-electron chi connectivity index (χ4n) is 2.85. The van der Waals surface area contributed by atoms with E-state index in [1.807, 2.05) is 0 Å². The zero-order valence-electron chi connectivity index (χ0n) is 11.0. The van der Waals surface area contributed by atoms with E-state index in [9.17, 15) is 5.11 Å². The second kappa shape index (κ2) is 4.77. The van der Waals surface area contributed by atoms with Crippen molar-refractivity contribution < 1.29 is 5.11 Å². The molecule has 19 heavy (non-hydrogen) atoms. The summed E-state index contributed by atoms with van der Waals surface area (Å²) in [6.45, 7) is 2.07. The van der Waals surface area contributed by atoms with Crippen molar-refractivity contribution in [2.24, 2.45) is 0 Å². The van der Waals surface area contributed by atoms with Crippen LogP contribution in [0.4, 0.5) is 0 Å². The lowest BCUT2D eigenvalue weighted by molar-refractivity contribution is 0.0222. The highest BCUT2D eigenvalue weighted by Crippen LogP contribution is 2.37. The first-order valence-corrected chi connectivity index (χ1v) is 7.43. The van der Waals surface area contributed by atoms with E-state index < -0.39 is 5.60 Å². The number of hydrogen-bond donors (Lipinski definition) is 1. The molecule has 0 saturated carbocycles. The van der Waals surface area contributed by atoms with Gasteiger partial charge in [0.15, 0.2) is 0 Å². The van der Waals surface area contributed by atoms with Crippen molar-refractivity contribution >= 4 is 15.9 Å². The van der Waals surface area contributed by atoms with Gasteiger partial charge in [-0.15, -0.1) is 0 Å². The Morgan fingerprint density at radius 1 is 1.05 bits per heavy atom. The van der Waals surface area contributed by atoms with Gasteiger partial charge in [-0.3, -0.25) is 0 Å². The maximum atomic E-state index is 10.9. The summed E-state index contributed by atoms with van der Waals surface area (Å²) in [6, 6.07) is 14.6. The summed E-state index contributed by atoms with van der Waals surface area (Å²) < 4.78 is 1.12. The first kappa shape index (κ1) is 12.9. The summed E-state index contributed by atoms with van der Waals surface area (Å²) in [6.07, 6.45) is 2.43. The maximum Gasteiger partial charge on any atom is 0.0940 e. The highest BCUT2D eigenvalue weighted by molar-refractivity contribution is 9.10. The molecule has 0 radical (unpaired) electrons. The molecule has 1 atom stereocenters. The first-order chi connectivity index (χ1) is 9.07. The topological polar surface area (TPSA) is 20.2 Å². The predicted octanol–water partition coefficient (Wildman–Crippen LogP) is 4.13. The van der Waals surface area contributed by atoms with E-state index in [4.69, 9.17) is 0 Å². The molecule has 0 aliphatic heterocycles. The fraction of sp³-hybridized carbons (Fsp3) is 0.294. The molecule has 0 aromatic heterocycles. The number of fused-ring (bicyclic) bond motifs is 1. The number of hydrogen-bond acceptors (Lipinski definition) is 1. The van der Waals surface area contributed by atoms with Crippen molar-refractivity contribution in [2.45, 2.75) is 31.8 Å². The lowest BCUT2D eigenvalue weighted by atomic mass is 9.76. The average molecular weight is 317 g/mol. The van der Waals surface area contributed by atoms with Gasteiger partial charge < -0.3 is 5.11 Å². The molecule has 2 heteroatoms. The molecule has 0 amide bonds. The Morgan fingerprint density at radius 2 is 1.79 bits per heavy atom. The fourth-order valence-corrected chi connectivity index (χ4v) is 3.26. The molecule has 2 aromatic rings. The van der Waals surface area contributed by atoms with Gasteiger partial charge in [-0.2, -0.15) is 0 Å². The lowest BCUT2D eigenvalue weighted by Gasteiger charge is -2.34. The lowest BCUT2D eigenvalue weighted by Crippen LogP contribution is -2.33. The molecule has 1 N–H and O–H groups in total. The third-order valence-electron chi connectivity index (χ3n) is 4.05. The summed E-state index contributed by atoms with van der Waals surface area (Å²) in [5, 5.41) is 10.9.